The smallest absolute Gasteiger partial charge is 0.191 e. The van der Waals surface area contributed by atoms with E-state index in [1.54, 1.807) is 14.2 Å². The second kappa shape index (κ2) is 11.1. The highest BCUT2D eigenvalue weighted by Gasteiger charge is 2.12. The molecule has 1 aliphatic rings. The van der Waals surface area contributed by atoms with Crippen molar-refractivity contribution in [3.63, 3.8) is 0 Å². The van der Waals surface area contributed by atoms with Crippen molar-refractivity contribution in [3.05, 3.63) is 22.7 Å². The summed E-state index contributed by atoms with van der Waals surface area (Å²) in [5.74, 6) is 2.01. The van der Waals surface area contributed by atoms with Crippen LogP contribution in [0.25, 0.3) is 0 Å². The molecule has 146 valence electrons. The van der Waals surface area contributed by atoms with Crippen LogP contribution < -0.4 is 20.1 Å². The van der Waals surface area contributed by atoms with Gasteiger partial charge in [-0.15, -0.1) is 0 Å². The van der Waals surface area contributed by atoms with Crippen LogP contribution in [0, 0.1) is 0 Å². The summed E-state index contributed by atoms with van der Waals surface area (Å²) in [4.78, 5) is 6.79. The van der Waals surface area contributed by atoms with Gasteiger partial charge in [0, 0.05) is 26.7 Å². The molecule has 0 atom stereocenters. The van der Waals surface area contributed by atoms with Gasteiger partial charge < -0.3 is 25.0 Å². The van der Waals surface area contributed by atoms with Crippen LogP contribution in [0.5, 0.6) is 11.5 Å². The van der Waals surface area contributed by atoms with Crippen LogP contribution >= 0.6 is 11.6 Å². The number of hydrogen-bond donors (Lipinski definition) is 2. The van der Waals surface area contributed by atoms with Gasteiger partial charge in [-0.3, -0.25) is 4.99 Å². The number of aliphatic imine (C=N–C) groups is 1. The lowest BCUT2D eigenvalue weighted by atomic mass is 10.1. The molecule has 1 aromatic carbocycles. The number of piperidine rings is 1. The molecule has 0 saturated carbocycles. The van der Waals surface area contributed by atoms with Gasteiger partial charge in [-0.1, -0.05) is 18.0 Å². The van der Waals surface area contributed by atoms with Crippen molar-refractivity contribution in [3.8, 4) is 11.5 Å². The second-order valence-corrected chi connectivity index (χ2v) is 6.70. The lowest BCUT2D eigenvalue weighted by molar-refractivity contribution is 0.232. The number of ether oxygens (including phenoxy) is 2. The fourth-order valence-electron chi connectivity index (χ4n) is 3.08. The normalized spacial score (nSPS) is 15.6. The van der Waals surface area contributed by atoms with E-state index in [-0.39, 0.29) is 0 Å². The molecule has 0 radical (unpaired) electrons. The van der Waals surface area contributed by atoms with Crippen molar-refractivity contribution < 1.29 is 9.47 Å². The summed E-state index contributed by atoms with van der Waals surface area (Å²) in [6, 6.07) is 3.83. The lowest BCUT2D eigenvalue weighted by Gasteiger charge is -2.26. The summed E-state index contributed by atoms with van der Waals surface area (Å²) >= 11 is 6.33. The number of nitrogens with one attached hydrogen (secondary N) is 2. The maximum atomic E-state index is 6.33. The summed E-state index contributed by atoms with van der Waals surface area (Å²) in [5, 5.41) is 7.24. The Morgan fingerprint density at radius 2 is 2.00 bits per heavy atom. The minimum absolute atomic E-state index is 0.543. The molecule has 2 rings (SSSR count). The standard InChI is InChI=1S/C19H31ClN4O2/c1-4-26-18-16(20)12-15(13-17(18)25-3)14-23-19(21-2)22-8-11-24-9-6-5-7-10-24/h12-13H,4-11,14H2,1-3H3,(H2,21,22,23). The first-order chi connectivity index (χ1) is 12.7. The Morgan fingerprint density at radius 1 is 1.23 bits per heavy atom. The number of methoxy groups -OCH3 is 1. The van der Waals surface area contributed by atoms with Crippen molar-refractivity contribution in [2.75, 3.05) is 46.9 Å². The Hall–Kier alpha value is -1.66. The SMILES string of the molecule is CCOc1c(Cl)cc(CNC(=NC)NCCN2CCCCC2)cc1OC. The fourth-order valence-corrected chi connectivity index (χ4v) is 3.37. The molecule has 1 heterocycles. The molecule has 0 aliphatic carbocycles. The number of guanidine groups is 1. The average molecular weight is 383 g/mol. The van der Waals surface area contributed by atoms with Crippen molar-refractivity contribution in [1.29, 1.82) is 0 Å². The zero-order valence-corrected chi connectivity index (χ0v) is 16.9. The second-order valence-electron chi connectivity index (χ2n) is 6.30. The average Bonchev–Trinajstić information content (AvgIpc) is 2.67. The summed E-state index contributed by atoms with van der Waals surface area (Å²) in [6.07, 6.45) is 3.99. The summed E-state index contributed by atoms with van der Waals surface area (Å²) < 4.78 is 10.9. The van der Waals surface area contributed by atoms with Crippen LogP contribution in [0.15, 0.2) is 17.1 Å². The van der Waals surface area contributed by atoms with Crippen molar-refractivity contribution >= 4 is 17.6 Å². The van der Waals surface area contributed by atoms with Crippen LogP contribution in [-0.2, 0) is 6.54 Å². The Kier molecular flexibility index (Phi) is 8.85. The first-order valence-corrected chi connectivity index (χ1v) is 9.71. The van der Waals surface area contributed by atoms with E-state index in [0.717, 1.165) is 24.6 Å². The number of likely N-dealkylation sites (tertiary alicyclic amines) is 1. The molecular formula is C19H31ClN4O2. The van der Waals surface area contributed by atoms with Gasteiger partial charge in [-0.05, 0) is 50.6 Å². The molecular weight excluding hydrogens is 352 g/mol. The van der Waals surface area contributed by atoms with Crippen molar-refractivity contribution in [2.24, 2.45) is 4.99 Å². The first kappa shape index (κ1) is 20.6. The van der Waals surface area contributed by atoms with E-state index < -0.39 is 0 Å². The van der Waals surface area contributed by atoms with Gasteiger partial charge in [0.25, 0.3) is 0 Å². The van der Waals surface area contributed by atoms with Crippen molar-refractivity contribution in [2.45, 2.75) is 32.7 Å². The fraction of sp³-hybridized carbons (Fsp3) is 0.632. The van der Waals surface area contributed by atoms with Gasteiger partial charge in [0.2, 0.25) is 0 Å². The molecule has 0 bridgehead atoms. The van der Waals surface area contributed by atoms with Crippen LogP contribution in [0.2, 0.25) is 5.02 Å². The van der Waals surface area contributed by atoms with Gasteiger partial charge >= 0.3 is 0 Å². The highest BCUT2D eigenvalue weighted by Crippen LogP contribution is 2.36. The highest BCUT2D eigenvalue weighted by atomic mass is 35.5. The molecule has 1 saturated heterocycles. The van der Waals surface area contributed by atoms with Crippen LogP contribution in [0.4, 0.5) is 0 Å². The third-order valence-electron chi connectivity index (χ3n) is 4.43. The molecule has 1 aliphatic heterocycles. The minimum atomic E-state index is 0.543. The van der Waals surface area contributed by atoms with Crippen LogP contribution in [0.3, 0.4) is 0 Å². The Balaban J connectivity index is 1.84. The topological polar surface area (TPSA) is 58.1 Å². The number of benzene rings is 1. The number of halogens is 1. The van der Waals surface area contributed by atoms with Gasteiger partial charge in [0.15, 0.2) is 17.5 Å². The first-order valence-electron chi connectivity index (χ1n) is 9.34. The van der Waals surface area contributed by atoms with Crippen LogP contribution in [0.1, 0.15) is 31.7 Å². The molecule has 1 aromatic rings. The van der Waals surface area contributed by atoms with E-state index >= 15 is 0 Å². The predicted octanol–water partition coefficient (Wildman–Crippen LogP) is 2.90. The van der Waals surface area contributed by atoms with E-state index in [1.165, 1.54) is 32.4 Å². The number of rotatable bonds is 8. The molecule has 0 spiro atoms. The van der Waals surface area contributed by atoms with E-state index in [0.29, 0.717) is 29.7 Å². The van der Waals surface area contributed by atoms with Gasteiger partial charge in [0.05, 0.1) is 18.7 Å². The van der Waals surface area contributed by atoms with Gasteiger partial charge in [-0.2, -0.15) is 0 Å². The van der Waals surface area contributed by atoms with Crippen LogP contribution in [-0.4, -0.2) is 57.8 Å². The monoisotopic (exact) mass is 382 g/mol. The zero-order chi connectivity index (χ0) is 18.8. The molecule has 2 N–H and O–H groups in total. The van der Waals surface area contributed by atoms with E-state index in [2.05, 4.69) is 20.5 Å². The number of hydrogen-bond acceptors (Lipinski definition) is 4. The third-order valence-corrected chi connectivity index (χ3v) is 4.71. The maximum absolute atomic E-state index is 6.33. The third kappa shape index (κ3) is 6.25. The zero-order valence-electron chi connectivity index (χ0n) is 16.1. The highest BCUT2D eigenvalue weighted by molar-refractivity contribution is 6.32. The molecule has 0 aromatic heterocycles. The minimum Gasteiger partial charge on any atom is -0.493 e. The van der Waals surface area contributed by atoms with E-state index in [4.69, 9.17) is 21.1 Å². The molecule has 0 unspecified atom stereocenters. The predicted molar refractivity (Wildman–Crippen MR) is 108 cm³/mol. The van der Waals surface area contributed by atoms with E-state index in [9.17, 15) is 0 Å². The molecule has 6 nitrogen and oxygen atoms in total. The Labute approximate surface area is 161 Å². The summed E-state index contributed by atoms with van der Waals surface area (Å²) in [7, 11) is 3.40. The van der Waals surface area contributed by atoms with E-state index in [1.807, 2.05) is 19.1 Å². The van der Waals surface area contributed by atoms with Crippen molar-refractivity contribution in [1.82, 2.24) is 15.5 Å². The largest absolute Gasteiger partial charge is 0.493 e. The van der Waals surface area contributed by atoms with Gasteiger partial charge in [0.1, 0.15) is 0 Å². The summed E-state index contributed by atoms with van der Waals surface area (Å²) in [5.41, 5.74) is 1.01. The molecule has 1 fully saturated rings. The van der Waals surface area contributed by atoms with Gasteiger partial charge in [-0.25, -0.2) is 0 Å². The summed E-state index contributed by atoms with van der Waals surface area (Å²) in [6.45, 7) is 7.41. The maximum Gasteiger partial charge on any atom is 0.191 e. The molecule has 0 amide bonds. The molecule has 26 heavy (non-hydrogen) atoms. The quantitative estimate of drug-likeness (QED) is 0.534. The lowest BCUT2D eigenvalue weighted by Crippen LogP contribution is -2.42. The Bertz CT molecular complexity index is 589. The Morgan fingerprint density at radius 3 is 2.65 bits per heavy atom. The number of nitrogens with zero attached hydrogens (tertiary/aromatic N) is 2. The molecule has 7 heteroatoms.